The number of fused-ring (bicyclic) bond motifs is 2. The lowest BCUT2D eigenvalue weighted by Gasteiger charge is -2.33. The average molecular weight is 1180 g/mol. The van der Waals surface area contributed by atoms with E-state index in [0.29, 0.717) is 55.2 Å². The molecule has 448 valence electrons. The number of nitrogens with two attached hydrogens (primary N) is 1. The number of benzene rings is 6. The van der Waals surface area contributed by atoms with Gasteiger partial charge in [-0.25, -0.2) is 9.36 Å². The topological polar surface area (TPSA) is 295 Å². The number of carbonyl (C=O) groups is 6. The van der Waals surface area contributed by atoms with Crippen molar-refractivity contribution in [3.8, 4) is 39.7 Å². The zero-order valence-electron chi connectivity index (χ0n) is 48.4. The van der Waals surface area contributed by atoms with Crippen molar-refractivity contribution in [2.24, 2.45) is 17.1 Å². The molecular weight excluding hydrogens is 1100 g/mol. The van der Waals surface area contributed by atoms with E-state index in [2.05, 4.69) is 26.6 Å². The van der Waals surface area contributed by atoms with Crippen molar-refractivity contribution in [1.82, 2.24) is 26.6 Å². The van der Waals surface area contributed by atoms with Crippen LogP contribution in [0.2, 0.25) is 0 Å². The summed E-state index contributed by atoms with van der Waals surface area (Å²) in [7, 11) is -4.26. The van der Waals surface area contributed by atoms with Gasteiger partial charge in [-0.1, -0.05) is 108 Å². The Bertz CT molecular complexity index is 3470. The SMILES string of the molecule is CC(C)[C@H](NC(=O)[C@H](CC(C)(C)C)NC(=O)[C@H](CCCCN)NC(=O)[C@H](Cc1ccccc1)NC(=O)CCCCCNC(=O)c1ccc(C(=O)O)c(-c2c3ccc(=O)cc-3oc3cc(O)ccc23)c1)P(=O)(Oc1ccccc1)Oc1ccccc1. The van der Waals surface area contributed by atoms with Crippen LogP contribution in [0.15, 0.2) is 155 Å². The maximum Gasteiger partial charge on any atom is 0.453 e. The first-order valence-electron chi connectivity index (χ1n) is 28.5. The minimum absolute atomic E-state index is 0.0322. The van der Waals surface area contributed by atoms with E-state index in [0.717, 1.165) is 5.56 Å². The number of hydrogen-bond donors (Lipinski definition) is 8. The quantitative estimate of drug-likeness (QED) is 0.0123. The molecule has 7 rings (SSSR count). The van der Waals surface area contributed by atoms with Crippen LogP contribution in [0.4, 0.5) is 0 Å². The Balaban J connectivity index is 1.00. The number of phenolic OH excluding ortho intramolecular Hbond substituents is 1. The van der Waals surface area contributed by atoms with Gasteiger partial charge < -0.3 is 56.0 Å². The van der Waals surface area contributed by atoms with Crippen LogP contribution in [0.3, 0.4) is 0 Å². The molecule has 5 aromatic rings. The van der Waals surface area contributed by atoms with E-state index >= 15 is 4.57 Å². The number of carbonyl (C=O) groups excluding carboxylic acids is 5. The number of rotatable bonds is 29. The first-order chi connectivity index (χ1) is 40.6. The Morgan fingerprint density at radius 1 is 0.659 bits per heavy atom. The molecule has 19 nitrogen and oxygen atoms in total. The predicted molar refractivity (Wildman–Crippen MR) is 325 cm³/mol. The monoisotopic (exact) mass is 1180 g/mol. The van der Waals surface area contributed by atoms with Crippen molar-refractivity contribution in [1.29, 1.82) is 0 Å². The van der Waals surface area contributed by atoms with Gasteiger partial charge in [-0.2, -0.15) is 0 Å². The number of amides is 5. The highest BCUT2D eigenvalue weighted by Gasteiger charge is 2.44. The molecule has 0 radical (unpaired) electrons. The minimum atomic E-state index is -4.26. The molecule has 5 aromatic carbocycles. The Kier molecular flexibility index (Phi) is 22.2. The maximum atomic E-state index is 15.0. The first kappa shape index (κ1) is 63.8. The number of para-hydroxylation sites is 2. The fourth-order valence-corrected chi connectivity index (χ4v) is 11.9. The first-order valence-corrected chi connectivity index (χ1v) is 30.1. The summed E-state index contributed by atoms with van der Waals surface area (Å²) < 4.78 is 33.2. The van der Waals surface area contributed by atoms with Crippen LogP contribution in [0.5, 0.6) is 17.2 Å². The largest absolute Gasteiger partial charge is 0.508 e. The molecule has 0 spiro atoms. The van der Waals surface area contributed by atoms with Gasteiger partial charge in [0.05, 0.1) is 5.56 Å². The summed E-state index contributed by atoms with van der Waals surface area (Å²) in [4.78, 5) is 95.8. The third-order valence-electron chi connectivity index (χ3n) is 14.0. The molecular formula is C65H75N6O13P. The Hall–Kier alpha value is -8.80. The van der Waals surface area contributed by atoms with Crippen molar-refractivity contribution in [3.05, 3.63) is 173 Å². The van der Waals surface area contributed by atoms with Crippen molar-refractivity contribution in [3.63, 3.8) is 0 Å². The van der Waals surface area contributed by atoms with E-state index in [-0.39, 0.29) is 82.9 Å². The highest BCUT2D eigenvalue weighted by Crippen LogP contribution is 2.54. The number of phenols is 1. The lowest BCUT2D eigenvalue weighted by atomic mass is 9.87. The van der Waals surface area contributed by atoms with Crippen LogP contribution in [0, 0.1) is 11.3 Å². The van der Waals surface area contributed by atoms with E-state index in [1.807, 2.05) is 51.1 Å². The van der Waals surface area contributed by atoms with Crippen LogP contribution in [0.25, 0.3) is 33.4 Å². The number of carboxylic acids is 1. The highest BCUT2D eigenvalue weighted by atomic mass is 31.2. The second-order valence-electron chi connectivity index (χ2n) is 22.5. The van der Waals surface area contributed by atoms with Crippen molar-refractivity contribution < 1.29 is 57.0 Å². The molecule has 9 N–H and O–H groups in total. The highest BCUT2D eigenvalue weighted by molar-refractivity contribution is 7.55. The molecule has 2 aliphatic rings. The number of aromatic hydroxyl groups is 1. The van der Waals surface area contributed by atoms with E-state index in [9.17, 15) is 43.8 Å². The molecule has 4 atom stereocenters. The molecule has 0 bridgehead atoms. The van der Waals surface area contributed by atoms with Crippen LogP contribution in [-0.2, 0) is 30.2 Å². The summed E-state index contributed by atoms with van der Waals surface area (Å²) in [6.07, 6.45) is 2.78. The number of nitrogens with one attached hydrogen (secondary N) is 5. The predicted octanol–water partition coefficient (Wildman–Crippen LogP) is 9.97. The van der Waals surface area contributed by atoms with Gasteiger partial charge in [0.1, 0.15) is 46.7 Å². The summed E-state index contributed by atoms with van der Waals surface area (Å²) in [5.41, 5.74) is 7.05. The molecule has 85 heavy (non-hydrogen) atoms. The van der Waals surface area contributed by atoms with E-state index in [1.165, 1.54) is 48.5 Å². The van der Waals surface area contributed by atoms with Gasteiger partial charge in [-0.3, -0.25) is 28.8 Å². The Labute approximate surface area is 494 Å². The third-order valence-corrected chi connectivity index (χ3v) is 16.3. The second-order valence-corrected chi connectivity index (χ2v) is 24.5. The Morgan fingerprint density at radius 2 is 1.28 bits per heavy atom. The van der Waals surface area contributed by atoms with E-state index in [4.69, 9.17) is 19.2 Å². The smallest absolute Gasteiger partial charge is 0.453 e. The lowest BCUT2D eigenvalue weighted by molar-refractivity contribution is -0.134. The molecule has 0 saturated carbocycles. The normalized spacial score (nSPS) is 13.0. The lowest BCUT2D eigenvalue weighted by Crippen LogP contribution is -2.58. The number of carboxylic acid groups (broad SMARTS) is 1. The fraction of sp³-hybridized carbons (Fsp3) is 0.338. The summed E-state index contributed by atoms with van der Waals surface area (Å²) in [5.74, 6) is -5.16. The molecule has 1 aliphatic carbocycles. The van der Waals surface area contributed by atoms with Crippen molar-refractivity contribution in [2.75, 3.05) is 13.1 Å². The molecule has 20 heteroatoms. The second kappa shape index (κ2) is 29.6. The van der Waals surface area contributed by atoms with E-state index in [1.54, 1.807) is 80.6 Å². The molecule has 1 heterocycles. The molecule has 0 saturated heterocycles. The van der Waals surface area contributed by atoms with Gasteiger partial charge >= 0.3 is 13.6 Å². The maximum absolute atomic E-state index is 15.0. The van der Waals surface area contributed by atoms with Crippen LogP contribution in [-0.4, -0.2) is 82.7 Å². The van der Waals surface area contributed by atoms with Crippen LogP contribution in [0.1, 0.15) is 112 Å². The Morgan fingerprint density at radius 3 is 1.91 bits per heavy atom. The zero-order valence-corrected chi connectivity index (χ0v) is 49.3. The molecule has 5 amide bonds. The zero-order chi connectivity index (χ0) is 61.3. The van der Waals surface area contributed by atoms with Gasteiger partial charge in [0.2, 0.25) is 23.6 Å². The van der Waals surface area contributed by atoms with Gasteiger partial charge in [0.15, 0.2) is 11.2 Å². The van der Waals surface area contributed by atoms with Gasteiger partial charge in [-0.05, 0) is 134 Å². The van der Waals surface area contributed by atoms with Gasteiger partial charge in [0.25, 0.3) is 5.91 Å². The molecule has 1 aliphatic heterocycles. The van der Waals surface area contributed by atoms with Crippen molar-refractivity contribution >= 4 is 54.1 Å². The molecule has 0 fully saturated rings. The summed E-state index contributed by atoms with van der Waals surface area (Å²) in [5, 5.41) is 35.4. The fourth-order valence-electron chi connectivity index (χ4n) is 9.82. The number of aromatic carboxylic acids is 1. The van der Waals surface area contributed by atoms with E-state index < -0.39 is 78.3 Å². The summed E-state index contributed by atoms with van der Waals surface area (Å²) in [6, 6.07) is 35.3. The average Bonchev–Trinajstić information content (AvgIpc) is 1.53. The van der Waals surface area contributed by atoms with Gasteiger partial charge in [0, 0.05) is 53.6 Å². The number of unbranched alkanes of at least 4 members (excludes halogenated alkanes) is 3. The molecule has 0 unspecified atom stereocenters. The minimum Gasteiger partial charge on any atom is -0.508 e. The molecule has 0 aromatic heterocycles. The summed E-state index contributed by atoms with van der Waals surface area (Å²) >= 11 is 0. The van der Waals surface area contributed by atoms with Crippen LogP contribution < -0.4 is 46.8 Å². The summed E-state index contributed by atoms with van der Waals surface area (Å²) in [6.45, 7) is 9.82. The number of hydrogen-bond acceptors (Lipinski definition) is 13. The third kappa shape index (κ3) is 18.1. The van der Waals surface area contributed by atoms with Crippen LogP contribution >= 0.6 is 7.60 Å². The van der Waals surface area contributed by atoms with Crippen molar-refractivity contribution in [2.45, 2.75) is 116 Å². The standard InChI is InChI=1S/C65H75N6O13P/c1-41(2)63(85(81,83-46-22-12-7-13-23-46)84-47-24-14-8-15-25-47)71-62(78)54(40-65(3,4)5)70-60(76)52(26-17-18-34-66)69-61(77)53(36-42-20-10-6-11-21-42)68-57(74)27-16-9-19-35-67-59(75)43-28-31-48(64(79)80)51(37-43)58-49-32-29-44(72)38-55(49)82-56-39-45(73)30-33-50(56)58/h6-8,10-15,20-25,28-33,37-39,41,52-54,63,72H,9,16-19,26-27,34-36,40,66H2,1-5H3,(H,67,75)(H,68,74)(H,69,77)(H,70,76)(H,71,78)(H,79,80)/t52-,53-,54-,63+/m0/s1. The van der Waals surface area contributed by atoms with Gasteiger partial charge in [-0.15, -0.1) is 0 Å².